The van der Waals surface area contributed by atoms with Crippen molar-refractivity contribution in [2.24, 2.45) is 0 Å². The fraction of sp³-hybridized carbons (Fsp3) is 0.250. The van der Waals surface area contributed by atoms with Crippen molar-refractivity contribution >= 4 is 51.2 Å². The number of aromatic nitrogens is 1. The molecule has 164 valence electrons. The molecule has 0 radical (unpaired) electrons. The molecule has 0 spiro atoms. The second-order valence-corrected chi connectivity index (χ2v) is 8.18. The van der Waals surface area contributed by atoms with Gasteiger partial charge in [-0.1, -0.05) is 24.3 Å². The lowest BCUT2D eigenvalue weighted by Crippen LogP contribution is -2.21. The highest BCUT2D eigenvalue weighted by Crippen LogP contribution is 2.46. The van der Waals surface area contributed by atoms with Crippen LogP contribution < -0.4 is 5.32 Å². The van der Waals surface area contributed by atoms with Crippen LogP contribution in [-0.2, 0) is 19.1 Å². The number of para-hydroxylation sites is 1. The molecule has 0 bridgehead atoms. The number of ether oxygens (including phenoxy) is 2. The monoisotopic (exact) mass is 450 g/mol. The summed E-state index contributed by atoms with van der Waals surface area (Å²) < 4.78 is 10.2. The zero-order chi connectivity index (χ0) is 22.5. The van der Waals surface area contributed by atoms with Crippen LogP contribution in [-0.4, -0.2) is 36.0 Å². The van der Waals surface area contributed by atoms with E-state index >= 15 is 0 Å². The standard InChI is InChI=1S/C24H22N2O5S/c1-2-30-24(29)21-18(15-8-9-15)14-32-23(21)26-19(27)13-31-20(28)11-10-17-6-3-5-16-7-4-12-25-22(16)17/h3-7,10-12,14-15H,2,8-9,13H2,1H3,(H,26,27)/b11-10+. The molecule has 32 heavy (non-hydrogen) atoms. The highest BCUT2D eigenvalue weighted by Gasteiger charge is 2.32. The highest BCUT2D eigenvalue weighted by molar-refractivity contribution is 7.15. The Balaban J connectivity index is 1.36. The van der Waals surface area contributed by atoms with Crippen LogP contribution in [0.1, 0.15) is 47.2 Å². The Kier molecular flexibility index (Phi) is 6.61. The van der Waals surface area contributed by atoms with Crippen molar-refractivity contribution < 1.29 is 23.9 Å². The average molecular weight is 451 g/mol. The first-order chi connectivity index (χ1) is 15.6. The van der Waals surface area contributed by atoms with Crippen molar-refractivity contribution in [3.05, 3.63) is 64.7 Å². The number of nitrogens with zero attached hydrogens (tertiary/aromatic N) is 1. The fourth-order valence-corrected chi connectivity index (χ4v) is 4.39. The first-order valence-electron chi connectivity index (χ1n) is 10.3. The number of hydrogen-bond donors (Lipinski definition) is 1. The first kappa shape index (κ1) is 21.7. The third-order valence-electron chi connectivity index (χ3n) is 4.98. The van der Waals surface area contributed by atoms with Crippen LogP contribution in [0.15, 0.2) is 48.0 Å². The summed E-state index contributed by atoms with van der Waals surface area (Å²) in [6.07, 6.45) is 6.60. The number of thiophene rings is 1. The van der Waals surface area contributed by atoms with Crippen LogP contribution in [0.25, 0.3) is 17.0 Å². The number of hydrogen-bond acceptors (Lipinski definition) is 7. The molecule has 1 aromatic carbocycles. The minimum absolute atomic E-state index is 0.252. The first-order valence-corrected chi connectivity index (χ1v) is 11.2. The van der Waals surface area contributed by atoms with E-state index < -0.39 is 24.5 Å². The van der Waals surface area contributed by atoms with Crippen LogP contribution in [0.5, 0.6) is 0 Å². The second-order valence-electron chi connectivity index (χ2n) is 7.30. The Labute approximate surface area is 189 Å². The van der Waals surface area contributed by atoms with E-state index in [1.165, 1.54) is 17.4 Å². The van der Waals surface area contributed by atoms with Gasteiger partial charge in [0.25, 0.3) is 5.91 Å². The Morgan fingerprint density at radius 2 is 2.00 bits per heavy atom. The van der Waals surface area contributed by atoms with Crippen LogP contribution in [0, 0.1) is 0 Å². The number of carbonyl (C=O) groups excluding carboxylic acids is 3. The summed E-state index contributed by atoms with van der Waals surface area (Å²) in [5, 5.41) is 5.93. The topological polar surface area (TPSA) is 94.6 Å². The fourth-order valence-electron chi connectivity index (χ4n) is 3.34. The molecule has 1 amide bonds. The maximum Gasteiger partial charge on any atom is 0.341 e. The number of fused-ring (bicyclic) bond motifs is 1. The molecule has 0 unspecified atom stereocenters. The summed E-state index contributed by atoms with van der Waals surface area (Å²) >= 11 is 1.28. The van der Waals surface area contributed by atoms with Gasteiger partial charge in [0.1, 0.15) is 5.00 Å². The molecule has 2 aromatic heterocycles. The highest BCUT2D eigenvalue weighted by atomic mass is 32.1. The average Bonchev–Trinajstić information content (AvgIpc) is 3.56. The molecule has 1 saturated carbocycles. The molecule has 4 rings (SSSR count). The van der Waals surface area contributed by atoms with Gasteiger partial charge >= 0.3 is 11.9 Å². The SMILES string of the molecule is CCOC(=O)c1c(C2CC2)csc1NC(=O)COC(=O)/C=C/c1cccc2cccnc12. The summed E-state index contributed by atoms with van der Waals surface area (Å²) in [6, 6.07) is 9.44. The van der Waals surface area contributed by atoms with Gasteiger partial charge in [-0.25, -0.2) is 9.59 Å². The van der Waals surface area contributed by atoms with E-state index in [1.54, 1.807) is 19.2 Å². The number of carbonyl (C=O) groups is 3. The summed E-state index contributed by atoms with van der Waals surface area (Å²) in [7, 11) is 0. The number of esters is 2. The van der Waals surface area contributed by atoms with Crippen LogP contribution in [0.4, 0.5) is 5.00 Å². The van der Waals surface area contributed by atoms with Crippen molar-refractivity contribution in [1.29, 1.82) is 0 Å². The molecule has 7 nitrogen and oxygen atoms in total. The minimum Gasteiger partial charge on any atom is -0.462 e. The number of amides is 1. The van der Waals surface area contributed by atoms with E-state index in [0.29, 0.717) is 16.5 Å². The van der Waals surface area contributed by atoms with E-state index in [2.05, 4.69) is 10.3 Å². The summed E-state index contributed by atoms with van der Waals surface area (Å²) in [5.41, 5.74) is 2.86. The Bertz CT molecular complexity index is 1190. The summed E-state index contributed by atoms with van der Waals surface area (Å²) in [4.78, 5) is 41.1. The van der Waals surface area contributed by atoms with Crippen LogP contribution >= 0.6 is 11.3 Å². The van der Waals surface area contributed by atoms with Gasteiger partial charge in [-0.3, -0.25) is 9.78 Å². The molecule has 1 aliphatic rings. The summed E-state index contributed by atoms with van der Waals surface area (Å²) in [5.74, 6) is -1.28. The third kappa shape index (κ3) is 5.03. The van der Waals surface area contributed by atoms with Crippen molar-refractivity contribution in [2.45, 2.75) is 25.7 Å². The molecular weight excluding hydrogens is 428 g/mol. The quantitative estimate of drug-likeness (QED) is 0.400. The molecule has 0 atom stereocenters. The third-order valence-corrected chi connectivity index (χ3v) is 5.89. The largest absolute Gasteiger partial charge is 0.462 e. The van der Waals surface area contributed by atoms with Gasteiger partial charge in [0.2, 0.25) is 0 Å². The van der Waals surface area contributed by atoms with Crippen LogP contribution in [0.3, 0.4) is 0 Å². The van der Waals surface area contributed by atoms with Gasteiger partial charge in [0.15, 0.2) is 6.61 Å². The molecular formula is C24H22N2O5S. The van der Waals surface area contributed by atoms with Crippen molar-refractivity contribution in [3.8, 4) is 0 Å². The van der Waals surface area contributed by atoms with Gasteiger partial charge < -0.3 is 14.8 Å². The van der Waals surface area contributed by atoms with Crippen LogP contribution in [0.2, 0.25) is 0 Å². The molecule has 1 aliphatic carbocycles. The van der Waals surface area contributed by atoms with Crippen molar-refractivity contribution in [2.75, 3.05) is 18.5 Å². The Morgan fingerprint density at radius 1 is 1.19 bits per heavy atom. The number of nitrogens with one attached hydrogen (secondary N) is 1. The van der Waals surface area contributed by atoms with E-state index in [-0.39, 0.29) is 6.61 Å². The summed E-state index contributed by atoms with van der Waals surface area (Å²) in [6.45, 7) is 1.53. The number of benzene rings is 1. The number of anilines is 1. The molecule has 1 fully saturated rings. The number of rotatable bonds is 8. The van der Waals surface area contributed by atoms with E-state index in [4.69, 9.17) is 9.47 Å². The van der Waals surface area contributed by atoms with Gasteiger partial charge in [-0.05, 0) is 48.8 Å². The smallest absolute Gasteiger partial charge is 0.341 e. The Hall–Kier alpha value is -3.52. The lowest BCUT2D eigenvalue weighted by atomic mass is 10.1. The van der Waals surface area contributed by atoms with Crippen molar-refractivity contribution in [1.82, 2.24) is 4.98 Å². The predicted molar refractivity (Wildman–Crippen MR) is 123 cm³/mol. The second kappa shape index (κ2) is 9.74. The maximum absolute atomic E-state index is 12.4. The number of pyridine rings is 1. The van der Waals surface area contributed by atoms with E-state index in [0.717, 1.165) is 34.9 Å². The molecule has 0 saturated heterocycles. The lowest BCUT2D eigenvalue weighted by molar-refractivity contribution is -0.142. The van der Waals surface area contributed by atoms with E-state index in [1.807, 2.05) is 35.7 Å². The van der Waals surface area contributed by atoms with Crippen molar-refractivity contribution in [3.63, 3.8) is 0 Å². The zero-order valence-corrected chi connectivity index (χ0v) is 18.3. The van der Waals surface area contributed by atoms with Gasteiger partial charge in [0.05, 0.1) is 17.7 Å². The molecule has 1 N–H and O–H groups in total. The normalized spacial score (nSPS) is 13.3. The maximum atomic E-state index is 12.4. The predicted octanol–water partition coefficient (Wildman–Crippen LogP) is 4.55. The van der Waals surface area contributed by atoms with Gasteiger partial charge in [-0.15, -0.1) is 11.3 Å². The molecule has 8 heteroatoms. The molecule has 3 aromatic rings. The lowest BCUT2D eigenvalue weighted by Gasteiger charge is -2.08. The van der Waals surface area contributed by atoms with Gasteiger partial charge in [0, 0.05) is 23.2 Å². The molecule has 2 heterocycles. The minimum atomic E-state index is -0.649. The zero-order valence-electron chi connectivity index (χ0n) is 17.5. The van der Waals surface area contributed by atoms with Gasteiger partial charge in [-0.2, -0.15) is 0 Å². The van der Waals surface area contributed by atoms with E-state index in [9.17, 15) is 14.4 Å². The molecule has 0 aliphatic heterocycles. The Morgan fingerprint density at radius 3 is 2.78 bits per heavy atom.